The average Bonchev–Trinajstić information content (AvgIpc) is 2.74. The van der Waals surface area contributed by atoms with Gasteiger partial charge in [0.1, 0.15) is 10.7 Å². The first-order valence-electron chi connectivity index (χ1n) is 6.93. The van der Waals surface area contributed by atoms with E-state index in [2.05, 4.69) is 21.5 Å². The van der Waals surface area contributed by atoms with Gasteiger partial charge in [-0.1, -0.05) is 30.6 Å². The standard InChI is InChI=1S/C14H20N4OS/c1-3-6-9(4-2)16-13(19)11-12(15)18-14(20-11)17-10-7-5-8-10/h2,9-10H,3,5-8,15H2,1H3,(H,16,19)(H,17,18). The van der Waals surface area contributed by atoms with Gasteiger partial charge in [0.05, 0.1) is 6.04 Å². The van der Waals surface area contributed by atoms with Crippen molar-refractivity contribution in [2.45, 2.75) is 51.1 Å². The van der Waals surface area contributed by atoms with Crippen molar-refractivity contribution in [2.24, 2.45) is 0 Å². The monoisotopic (exact) mass is 292 g/mol. The molecule has 1 saturated carbocycles. The largest absolute Gasteiger partial charge is 0.382 e. The normalized spacial score (nSPS) is 16.0. The number of anilines is 2. The van der Waals surface area contributed by atoms with E-state index in [4.69, 9.17) is 12.2 Å². The Kier molecular flexibility index (Phi) is 4.85. The Labute approximate surface area is 123 Å². The van der Waals surface area contributed by atoms with Crippen LogP contribution in [0.4, 0.5) is 10.9 Å². The summed E-state index contributed by atoms with van der Waals surface area (Å²) in [7, 11) is 0. The zero-order chi connectivity index (χ0) is 14.5. The van der Waals surface area contributed by atoms with Crippen LogP contribution in [0.1, 0.15) is 48.7 Å². The Bertz CT molecular complexity index is 516. The zero-order valence-electron chi connectivity index (χ0n) is 11.6. The minimum absolute atomic E-state index is 0.238. The van der Waals surface area contributed by atoms with Gasteiger partial charge in [-0.25, -0.2) is 4.98 Å². The highest BCUT2D eigenvalue weighted by Crippen LogP contribution is 2.29. The Hall–Kier alpha value is -1.74. The molecule has 0 spiro atoms. The Balaban J connectivity index is 2.00. The van der Waals surface area contributed by atoms with Crippen LogP contribution in [-0.4, -0.2) is 23.0 Å². The van der Waals surface area contributed by atoms with E-state index in [9.17, 15) is 4.79 Å². The van der Waals surface area contributed by atoms with Gasteiger partial charge in [0.25, 0.3) is 5.91 Å². The van der Waals surface area contributed by atoms with Gasteiger partial charge in [0, 0.05) is 6.04 Å². The third-order valence-electron chi connectivity index (χ3n) is 3.38. The van der Waals surface area contributed by atoms with Gasteiger partial charge in [0.2, 0.25) is 0 Å². The fourth-order valence-corrected chi connectivity index (χ4v) is 2.86. The molecule has 1 fully saturated rings. The Morgan fingerprint density at radius 3 is 2.95 bits per heavy atom. The summed E-state index contributed by atoms with van der Waals surface area (Å²) < 4.78 is 0. The van der Waals surface area contributed by atoms with Gasteiger partial charge in [-0.3, -0.25) is 4.79 Å². The molecule has 0 saturated heterocycles. The van der Waals surface area contributed by atoms with Crippen molar-refractivity contribution in [3.8, 4) is 12.3 Å². The molecule has 5 nitrogen and oxygen atoms in total. The summed E-state index contributed by atoms with van der Waals surface area (Å²) in [6.07, 6.45) is 10.6. The highest BCUT2D eigenvalue weighted by molar-refractivity contribution is 7.18. The highest BCUT2D eigenvalue weighted by atomic mass is 32.1. The summed E-state index contributed by atoms with van der Waals surface area (Å²) in [6.45, 7) is 2.03. The molecule has 1 amide bonds. The smallest absolute Gasteiger partial charge is 0.266 e. The quantitative estimate of drug-likeness (QED) is 0.702. The lowest BCUT2D eigenvalue weighted by Crippen LogP contribution is -2.33. The second-order valence-electron chi connectivity index (χ2n) is 4.99. The number of aromatic nitrogens is 1. The molecule has 1 aromatic rings. The average molecular weight is 292 g/mol. The molecule has 1 aliphatic carbocycles. The number of nitrogens with one attached hydrogen (secondary N) is 2. The number of terminal acetylenes is 1. The SMILES string of the molecule is C#CC(CCC)NC(=O)c1sc(NC2CCC2)nc1N. The van der Waals surface area contributed by atoms with Crippen molar-refractivity contribution in [1.82, 2.24) is 10.3 Å². The maximum Gasteiger partial charge on any atom is 0.266 e. The van der Waals surface area contributed by atoms with Crippen molar-refractivity contribution >= 4 is 28.2 Å². The van der Waals surface area contributed by atoms with Crippen LogP contribution < -0.4 is 16.4 Å². The van der Waals surface area contributed by atoms with Gasteiger partial charge in [-0.05, 0) is 25.7 Å². The predicted molar refractivity (Wildman–Crippen MR) is 82.8 cm³/mol. The molecule has 108 valence electrons. The van der Waals surface area contributed by atoms with Crippen LogP contribution in [0.15, 0.2) is 0 Å². The number of amides is 1. The molecular weight excluding hydrogens is 272 g/mol. The van der Waals surface area contributed by atoms with E-state index in [1.807, 2.05) is 6.92 Å². The van der Waals surface area contributed by atoms with E-state index in [0.717, 1.165) is 25.7 Å². The molecule has 6 heteroatoms. The summed E-state index contributed by atoms with van der Waals surface area (Å²) in [5.74, 6) is 2.60. The van der Waals surface area contributed by atoms with Crippen LogP contribution >= 0.6 is 11.3 Å². The fraction of sp³-hybridized carbons (Fsp3) is 0.571. The molecule has 1 aromatic heterocycles. The minimum atomic E-state index is -0.253. The van der Waals surface area contributed by atoms with Crippen molar-refractivity contribution < 1.29 is 4.79 Å². The first kappa shape index (κ1) is 14.7. The van der Waals surface area contributed by atoms with Crippen LogP contribution in [0.3, 0.4) is 0 Å². The number of thiazole rings is 1. The van der Waals surface area contributed by atoms with Crippen molar-refractivity contribution in [3.05, 3.63) is 4.88 Å². The summed E-state index contributed by atoms with van der Waals surface area (Å²) in [5.41, 5.74) is 5.82. The lowest BCUT2D eigenvalue weighted by molar-refractivity contribution is 0.0949. The van der Waals surface area contributed by atoms with Crippen molar-refractivity contribution in [2.75, 3.05) is 11.1 Å². The minimum Gasteiger partial charge on any atom is -0.382 e. The molecule has 1 atom stereocenters. The number of rotatable bonds is 6. The predicted octanol–water partition coefficient (Wildman–Crippen LogP) is 2.22. The third-order valence-corrected chi connectivity index (χ3v) is 4.38. The number of nitrogen functional groups attached to an aromatic ring is 1. The van der Waals surface area contributed by atoms with E-state index >= 15 is 0 Å². The summed E-state index contributed by atoms with van der Waals surface area (Å²) in [4.78, 5) is 16.8. The first-order valence-corrected chi connectivity index (χ1v) is 7.75. The number of hydrogen-bond acceptors (Lipinski definition) is 5. The van der Waals surface area contributed by atoms with Gasteiger partial charge < -0.3 is 16.4 Å². The number of hydrogen-bond donors (Lipinski definition) is 3. The van der Waals surface area contributed by atoms with Gasteiger partial charge >= 0.3 is 0 Å². The first-order chi connectivity index (χ1) is 9.63. The fourth-order valence-electron chi connectivity index (χ4n) is 1.99. The molecule has 0 bridgehead atoms. The second-order valence-corrected chi connectivity index (χ2v) is 5.99. The molecule has 2 rings (SSSR count). The van der Waals surface area contributed by atoms with Crippen LogP contribution in [0.2, 0.25) is 0 Å². The lowest BCUT2D eigenvalue weighted by atomic mass is 9.93. The zero-order valence-corrected chi connectivity index (χ0v) is 12.4. The van der Waals surface area contributed by atoms with Gasteiger partial charge in [-0.2, -0.15) is 0 Å². The summed E-state index contributed by atoms with van der Waals surface area (Å²) in [6, 6.07) is 0.215. The van der Waals surface area contributed by atoms with E-state index < -0.39 is 0 Å². The molecule has 0 radical (unpaired) electrons. The van der Waals surface area contributed by atoms with Crippen molar-refractivity contribution in [1.29, 1.82) is 0 Å². The molecule has 1 unspecified atom stereocenters. The van der Waals surface area contributed by atoms with E-state index in [0.29, 0.717) is 16.1 Å². The van der Waals surface area contributed by atoms with Crippen LogP contribution in [-0.2, 0) is 0 Å². The van der Waals surface area contributed by atoms with E-state index in [1.54, 1.807) is 0 Å². The number of carbonyl (C=O) groups is 1. The Morgan fingerprint density at radius 2 is 2.40 bits per heavy atom. The second kappa shape index (κ2) is 6.62. The van der Waals surface area contributed by atoms with Crippen molar-refractivity contribution in [3.63, 3.8) is 0 Å². The molecule has 4 N–H and O–H groups in total. The number of carbonyl (C=O) groups excluding carboxylic acids is 1. The molecule has 0 aliphatic heterocycles. The van der Waals surface area contributed by atoms with Crippen LogP contribution in [0.5, 0.6) is 0 Å². The van der Waals surface area contributed by atoms with Crippen LogP contribution in [0.25, 0.3) is 0 Å². The lowest BCUT2D eigenvalue weighted by Gasteiger charge is -2.25. The van der Waals surface area contributed by atoms with Gasteiger partial charge in [0.15, 0.2) is 5.13 Å². The molecule has 20 heavy (non-hydrogen) atoms. The molecular formula is C14H20N4OS. The summed E-state index contributed by atoms with van der Waals surface area (Å²) >= 11 is 1.29. The van der Waals surface area contributed by atoms with E-state index in [1.165, 1.54) is 17.8 Å². The van der Waals surface area contributed by atoms with E-state index in [-0.39, 0.29) is 17.8 Å². The molecule has 1 heterocycles. The van der Waals surface area contributed by atoms with Crippen LogP contribution in [0, 0.1) is 12.3 Å². The number of nitrogens with two attached hydrogens (primary N) is 1. The highest BCUT2D eigenvalue weighted by Gasteiger charge is 2.22. The van der Waals surface area contributed by atoms with Gasteiger partial charge in [-0.15, -0.1) is 6.42 Å². The molecule has 1 aliphatic rings. The maximum atomic E-state index is 12.1. The maximum absolute atomic E-state index is 12.1. The molecule has 0 aromatic carbocycles. The third kappa shape index (κ3) is 3.42. The summed E-state index contributed by atoms with van der Waals surface area (Å²) in [5, 5.41) is 6.81. The Morgan fingerprint density at radius 1 is 1.65 bits per heavy atom. The number of nitrogens with zero attached hydrogens (tertiary/aromatic N) is 1. The topological polar surface area (TPSA) is 80.0 Å².